The first-order valence-corrected chi connectivity index (χ1v) is 15.0. The summed E-state index contributed by atoms with van der Waals surface area (Å²) in [4.78, 5) is 58.8. The number of ketones is 1. The van der Waals surface area contributed by atoms with Gasteiger partial charge in [0.15, 0.2) is 6.10 Å². The zero-order valence-electron chi connectivity index (χ0n) is 23.3. The second kappa shape index (κ2) is 11.5. The number of pyridine rings is 1. The number of allylic oxidation sites excluding steroid dienone is 2. The first-order chi connectivity index (χ1) is 20.6. The van der Waals surface area contributed by atoms with Crippen molar-refractivity contribution < 1.29 is 23.9 Å². The van der Waals surface area contributed by atoms with Crippen molar-refractivity contribution in [3.05, 3.63) is 105 Å². The Morgan fingerprint density at radius 3 is 2.30 bits per heavy atom. The highest BCUT2D eigenvalue weighted by Gasteiger charge is 2.47. The molecule has 1 fully saturated rings. The third kappa shape index (κ3) is 5.41. The number of esters is 1. The number of hydrogen-bond acceptors (Lipinski definition) is 6. The number of aryl methyl sites for hydroxylation is 1. The maximum absolute atomic E-state index is 13.6. The van der Waals surface area contributed by atoms with Gasteiger partial charge in [0.25, 0.3) is 0 Å². The van der Waals surface area contributed by atoms with Gasteiger partial charge in [0.05, 0.1) is 34.3 Å². The highest BCUT2D eigenvalue weighted by atomic mass is 79.9. The highest BCUT2D eigenvalue weighted by Crippen LogP contribution is 2.38. The van der Waals surface area contributed by atoms with Gasteiger partial charge in [0, 0.05) is 26.0 Å². The molecule has 1 aromatic heterocycles. The van der Waals surface area contributed by atoms with E-state index in [4.69, 9.17) is 21.3 Å². The number of amides is 2. The van der Waals surface area contributed by atoms with E-state index in [-0.39, 0.29) is 35.0 Å². The predicted octanol–water partition coefficient (Wildman–Crippen LogP) is 7.51. The molecule has 1 saturated heterocycles. The van der Waals surface area contributed by atoms with Crippen LogP contribution >= 0.6 is 27.5 Å². The number of carbonyl (C=O) groups excluding carboxylic acids is 4. The van der Waals surface area contributed by atoms with Crippen LogP contribution < -0.4 is 4.90 Å². The molecule has 1 aliphatic heterocycles. The number of benzene rings is 3. The number of nitrogens with zero attached hydrogens (tertiary/aromatic N) is 2. The molecule has 216 valence electrons. The van der Waals surface area contributed by atoms with Gasteiger partial charge in [0.1, 0.15) is 0 Å². The fourth-order valence-electron chi connectivity index (χ4n) is 5.76. The second-order valence-corrected chi connectivity index (χ2v) is 12.2. The lowest BCUT2D eigenvalue weighted by atomic mass is 9.85. The Morgan fingerprint density at radius 1 is 0.977 bits per heavy atom. The number of Topliss-reactive ketones (excluding diaryl/α,β-unsaturated/α-hetero) is 1. The molecular formula is C34H26BrClN2O5. The molecule has 0 bridgehead atoms. The van der Waals surface area contributed by atoms with E-state index >= 15 is 0 Å². The maximum atomic E-state index is 13.6. The predicted molar refractivity (Wildman–Crippen MR) is 168 cm³/mol. The van der Waals surface area contributed by atoms with E-state index in [2.05, 4.69) is 15.9 Å². The van der Waals surface area contributed by atoms with Gasteiger partial charge in [-0.1, -0.05) is 63.9 Å². The summed E-state index contributed by atoms with van der Waals surface area (Å²) in [7, 11) is 0. The average molecular weight is 658 g/mol. The van der Waals surface area contributed by atoms with Gasteiger partial charge in [-0.05, 0) is 74.7 Å². The molecule has 7 nitrogen and oxygen atoms in total. The minimum absolute atomic E-state index is 0.177. The Hall–Kier alpha value is -4.14. The van der Waals surface area contributed by atoms with Crippen molar-refractivity contribution in [2.75, 3.05) is 4.90 Å². The molecule has 0 radical (unpaired) electrons. The summed E-state index contributed by atoms with van der Waals surface area (Å²) in [6, 6.07) is 18.8. The van der Waals surface area contributed by atoms with Gasteiger partial charge in [-0.3, -0.25) is 19.3 Å². The molecule has 2 aliphatic rings. The Labute approximate surface area is 261 Å². The number of fused-ring (bicyclic) bond motifs is 2. The molecule has 9 heteroatoms. The Balaban J connectivity index is 1.33. The highest BCUT2D eigenvalue weighted by molar-refractivity contribution is 9.10. The molecular weight excluding hydrogens is 632 g/mol. The lowest BCUT2D eigenvalue weighted by molar-refractivity contribution is -0.122. The van der Waals surface area contributed by atoms with Gasteiger partial charge < -0.3 is 4.74 Å². The summed E-state index contributed by atoms with van der Waals surface area (Å²) in [5.74, 6) is -2.03. The topological polar surface area (TPSA) is 93.6 Å². The summed E-state index contributed by atoms with van der Waals surface area (Å²) in [6.45, 7) is 3.42. The monoisotopic (exact) mass is 656 g/mol. The Morgan fingerprint density at radius 2 is 1.65 bits per heavy atom. The molecule has 1 aliphatic carbocycles. The van der Waals surface area contributed by atoms with Crippen LogP contribution in [0.5, 0.6) is 0 Å². The fraction of sp³-hybridized carbons (Fsp3) is 0.206. The average Bonchev–Trinajstić information content (AvgIpc) is 3.25. The van der Waals surface area contributed by atoms with Gasteiger partial charge in [-0.2, -0.15) is 0 Å². The molecule has 4 aromatic rings. The third-order valence-corrected chi connectivity index (χ3v) is 8.67. The van der Waals surface area contributed by atoms with Crippen LogP contribution in [0.15, 0.2) is 83.4 Å². The molecule has 3 atom stereocenters. The molecule has 2 heterocycles. The van der Waals surface area contributed by atoms with E-state index < -0.39 is 12.1 Å². The number of anilines is 1. The number of imide groups is 1. The number of hydrogen-bond donors (Lipinski definition) is 0. The van der Waals surface area contributed by atoms with Crippen molar-refractivity contribution in [3.8, 4) is 11.3 Å². The van der Waals surface area contributed by atoms with Gasteiger partial charge >= 0.3 is 5.97 Å². The zero-order valence-corrected chi connectivity index (χ0v) is 25.7. The third-order valence-electron chi connectivity index (χ3n) is 7.98. The quantitative estimate of drug-likeness (QED) is 0.0922. The van der Waals surface area contributed by atoms with E-state index in [1.165, 1.54) is 17.9 Å². The van der Waals surface area contributed by atoms with Crippen molar-refractivity contribution in [2.24, 2.45) is 11.8 Å². The molecule has 43 heavy (non-hydrogen) atoms. The van der Waals surface area contributed by atoms with Crippen LogP contribution in [0.4, 0.5) is 5.69 Å². The SMILES string of the molecule is Cc1cc(Br)cc2c(C(=O)OC(C)C(=O)c3cccc(Cl)c3)cc(-c3ccc(N4C(=O)C5CC=CCC5C4=O)cc3)nc12. The van der Waals surface area contributed by atoms with Crippen LogP contribution in [0.1, 0.15) is 46.0 Å². The minimum Gasteiger partial charge on any atom is -0.451 e. The van der Waals surface area contributed by atoms with Crippen LogP contribution in [0.2, 0.25) is 5.02 Å². The fourth-order valence-corrected chi connectivity index (χ4v) is 6.53. The standard InChI is InChI=1S/C34H26BrClN2O5/c1-18-14-22(35)16-27-28(34(42)43-19(2)31(39)21-6-5-7-23(36)15-21)17-29(37-30(18)27)20-10-12-24(13-11-20)38-32(40)25-8-3-4-9-26(25)33(38)41/h3-7,10-17,19,25-26H,8-9H2,1-2H3. The lowest BCUT2D eigenvalue weighted by Gasteiger charge is -2.17. The molecule has 0 N–H and O–H groups in total. The summed E-state index contributed by atoms with van der Waals surface area (Å²) < 4.78 is 6.43. The maximum Gasteiger partial charge on any atom is 0.339 e. The van der Waals surface area contributed by atoms with Crippen molar-refractivity contribution in [1.82, 2.24) is 4.98 Å². The zero-order chi connectivity index (χ0) is 30.4. The number of ether oxygens (including phenoxy) is 1. The normalized spacial score (nSPS) is 18.6. The van der Waals surface area contributed by atoms with Crippen LogP contribution in [0, 0.1) is 18.8 Å². The van der Waals surface area contributed by atoms with E-state index in [9.17, 15) is 19.2 Å². The Bertz CT molecular complexity index is 1830. The summed E-state index contributed by atoms with van der Waals surface area (Å²) in [6.07, 6.45) is 4.01. The molecule has 6 rings (SSSR count). The molecule has 3 aromatic carbocycles. The van der Waals surface area contributed by atoms with E-state index in [1.807, 2.05) is 25.1 Å². The Kier molecular flexibility index (Phi) is 7.75. The molecule has 3 unspecified atom stereocenters. The van der Waals surface area contributed by atoms with Crippen molar-refractivity contribution in [1.29, 1.82) is 0 Å². The van der Waals surface area contributed by atoms with Crippen LogP contribution in [0.25, 0.3) is 22.2 Å². The van der Waals surface area contributed by atoms with E-state index in [0.29, 0.717) is 51.3 Å². The van der Waals surface area contributed by atoms with Crippen molar-refractivity contribution in [2.45, 2.75) is 32.8 Å². The van der Waals surface area contributed by atoms with Crippen molar-refractivity contribution in [3.63, 3.8) is 0 Å². The molecule has 2 amide bonds. The van der Waals surface area contributed by atoms with E-state index in [1.54, 1.807) is 54.6 Å². The van der Waals surface area contributed by atoms with E-state index in [0.717, 1.165) is 10.0 Å². The summed E-state index contributed by atoms with van der Waals surface area (Å²) >= 11 is 9.55. The smallest absolute Gasteiger partial charge is 0.339 e. The lowest BCUT2D eigenvalue weighted by Crippen LogP contribution is -2.30. The number of halogens is 2. The van der Waals surface area contributed by atoms with Crippen LogP contribution in [-0.2, 0) is 14.3 Å². The van der Waals surface area contributed by atoms with Gasteiger partial charge in [0.2, 0.25) is 17.6 Å². The molecule has 0 saturated carbocycles. The first-order valence-electron chi connectivity index (χ1n) is 13.9. The first kappa shape index (κ1) is 29.0. The van der Waals surface area contributed by atoms with Crippen LogP contribution in [0.3, 0.4) is 0 Å². The number of rotatable bonds is 6. The minimum atomic E-state index is -1.06. The summed E-state index contributed by atoms with van der Waals surface area (Å²) in [5.41, 5.74) is 3.72. The number of carbonyl (C=O) groups is 4. The van der Waals surface area contributed by atoms with Gasteiger partial charge in [-0.15, -0.1) is 0 Å². The van der Waals surface area contributed by atoms with Gasteiger partial charge in [-0.25, -0.2) is 9.78 Å². The molecule has 0 spiro atoms. The largest absolute Gasteiger partial charge is 0.451 e. The van der Waals surface area contributed by atoms with Crippen molar-refractivity contribution >= 4 is 67.7 Å². The second-order valence-electron chi connectivity index (χ2n) is 10.8. The van der Waals surface area contributed by atoms with Crippen LogP contribution in [-0.4, -0.2) is 34.7 Å². The number of aromatic nitrogens is 1. The summed E-state index contributed by atoms with van der Waals surface area (Å²) in [5, 5.41) is 0.985.